The molecule has 1 aliphatic heterocycles. The van der Waals surface area contributed by atoms with Crippen molar-refractivity contribution in [2.75, 3.05) is 27.8 Å². The van der Waals surface area contributed by atoms with E-state index in [2.05, 4.69) is 0 Å². The van der Waals surface area contributed by atoms with Crippen LogP contribution in [0.3, 0.4) is 0 Å². The van der Waals surface area contributed by atoms with Crippen LogP contribution in [0.25, 0.3) is 0 Å². The number of β-lactam (4-membered cyclic amide) rings is 1. The third-order valence-corrected chi connectivity index (χ3v) is 3.75. The molecule has 0 bridgehead atoms. The average molecular weight is 292 g/mol. The van der Waals surface area contributed by atoms with E-state index in [0.29, 0.717) is 13.2 Å². The molecule has 0 aromatic heterocycles. The van der Waals surface area contributed by atoms with Gasteiger partial charge in [-0.25, -0.2) is 5.06 Å². The van der Waals surface area contributed by atoms with Gasteiger partial charge in [0.25, 0.3) is 5.91 Å². The molecule has 0 saturated carbocycles. The van der Waals surface area contributed by atoms with E-state index >= 15 is 0 Å². The lowest BCUT2D eigenvalue weighted by atomic mass is 9.87. The van der Waals surface area contributed by atoms with Crippen molar-refractivity contribution in [1.29, 1.82) is 0 Å². The van der Waals surface area contributed by atoms with Crippen LogP contribution >= 0.6 is 0 Å². The van der Waals surface area contributed by atoms with Crippen molar-refractivity contribution in [1.82, 2.24) is 9.96 Å². The Morgan fingerprint density at radius 1 is 1.33 bits per heavy atom. The summed E-state index contributed by atoms with van der Waals surface area (Å²) in [5, 5.41) is 1.08. The second-order valence-corrected chi connectivity index (χ2v) is 5.01. The van der Waals surface area contributed by atoms with Crippen LogP contribution in [0.1, 0.15) is 5.56 Å². The molecule has 0 aliphatic carbocycles. The molecule has 0 unspecified atom stereocenters. The van der Waals surface area contributed by atoms with Gasteiger partial charge in [-0.2, -0.15) is 0 Å². The monoisotopic (exact) mass is 292 g/mol. The number of benzene rings is 1. The lowest BCUT2D eigenvalue weighted by Crippen LogP contribution is -2.65. The van der Waals surface area contributed by atoms with E-state index in [0.717, 1.165) is 10.6 Å². The van der Waals surface area contributed by atoms with Gasteiger partial charge in [0.2, 0.25) is 5.91 Å². The Labute approximate surface area is 124 Å². The van der Waals surface area contributed by atoms with Crippen LogP contribution in [-0.2, 0) is 25.8 Å². The van der Waals surface area contributed by atoms with Gasteiger partial charge in [0.05, 0.1) is 26.4 Å². The molecular formula is C15H20N2O4. The summed E-state index contributed by atoms with van der Waals surface area (Å²) < 4.78 is 5.63. The fourth-order valence-electron chi connectivity index (χ4n) is 2.32. The average Bonchev–Trinajstić information content (AvgIpc) is 2.53. The molecular weight excluding hydrogens is 272 g/mol. The Morgan fingerprint density at radius 2 is 2.00 bits per heavy atom. The van der Waals surface area contributed by atoms with Crippen molar-refractivity contribution in [2.45, 2.75) is 12.6 Å². The molecule has 0 spiro atoms. The van der Waals surface area contributed by atoms with E-state index in [9.17, 15) is 9.59 Å². The number of carbonyl (C=O) groups is 2. The van der Waals surface area contributed by atoms with Crippen LogP contribution in [0.15, 0.2) is 30.3 Å². The molecule has 1 fully saturated rings. The highest BCUT2D eigenvalue weighted by Crippen LogP contribution is 2.27. The van der Waals surface area contributed by atoms with Gasteiger partial charge >= 0.3 is 0 Å². The van der Waals surface area contributed by atoms with Crippen molar-refractivity contribution < 1.29 is 19.2 Å². The number of ether oxygens (including phenoxy) is 1. The van der Waals surface area contributed by atoms with Gasteiger partial charge in [-0.1, -0.05) is 30.3 Å². The number of amides is 2. The summed E-state index contributed by atoms with van der Waals surface area (Å²) in [6.45, 7) is 0.783. The Bertz CT molecular complexity index is 506. The zero-order valence-corrected chi connectivity index (χ0v) is 12.5. The quantitative estimate of drug-likeness (QED) is 0.439. The lowest BCUT2D eigenvalue weighted by molar-refractivity contribution is -0.189. The highest BCUT2D eigenvalue weighted by molar-refractivity contribution is 6.05. The molecule has 6 heteroatoms. The van der Waals surface area contributed by atoms with Crippen molar-refractivity contribution in [3.05, 3.63) is 35.9 Å². The molecule has 2 atom stereocenters. The van der Waals surface area contributed by atoms with Crippen LogP contribution in [-0.4, -0.2) is 55.6 Å². The molecule has 1 aromatic carbocycles. The molecule has 0 N–H and O–H groups in total. The highest BCUT2D eigenvalue weighted by atomic mass is 16.7. The number of hydroxylamine groups is 2. The van der Waals surface area contributed by atoms with Crippen LogP contribution in [0.2, 0.25) is 0 Å². The van der Waals surface area contributed by atoms with E-state index in [1.54, 1.807) is 7.05 Å². The van der Waals surface area contributed by atoms with Crippen molar-refractivity contribution in [2.24, 2.45) is 5.92 Å². The molecule has 1 aromatic rings. The molecule has 1 aliphatic rings. The van der Waals surface area contributed by atoms with E-state index < -0.39 is 5.92 Å². The zero-order chi connectivity index (χ0) is 15.4. The van der Waals surface area contributed by atoms with Gasteiger partial charge in [0, 0.05) is 14.1 Å². The lowest BCUT2D eigenvalue weighted by Gasteiger charge is -2.44. The van der Waals surface area contributed by atoms with E-state index in [4.69, 9.17) is 9.57 Å². The van der Waals surface area contributed by atoms with Gasteiger partial charge < -0.3 is 9.64 Å². The summed E-state index contributed by atoms with van der Waals surface area (Å²) in [4.78, 5) is 30.3. The summed E-state index contributed by atoms with van der Waals surface area (Å²) in [5.41, 5.74) is 1.06. The van der Waals surface area contributed by atoms with Gasteiger partial charge in [-0.05, 0) is 5.56 Å². The minimum atomic E-state index is -0.712. The number of carbonyl (C=O) groups excluding carboxylic acids is 2. The Hall–Kier alpha value is -1.92. The number of hydrogen-bond donors (Lipinski definition) is 0. The van der Waals surface area contributed by atoms with Crippen molar-refractivity contribution in [3.8, 4) is 0 Å². The predicted octanol–water partition coefficient (Wildman–Crippen LogP) is 0.680. The summed E-state index contributed by atoms with van der Waals surface area (Å²) >= 11 is 0. The van der Waals surface area contributed by atoms with Gasteiger partial charge in [0.1, 0.15) is 5.92 Å². The summed E-state index contributed by atoms with van der Waals surface area (Å²) in [6, 6.07) is 9.52. The molecule has 2 rings (SSSR count). The van der Waals surface area contributed by atoms with E-state index in [1.165, 1.54) is 19.1 Å². The van der Waals surface area contributed by atoms with E-state index in [-0.39, 0.29) is 17.9 Å². The van der Waals surface area contributed by atoms with Crippen LogP contribution < -0.4 is 0 Å². The fraction of sp³-hybridized carbons (Fsp3) is 0.467. The number of likely N-dealkylation sites (N-methyl/N-ethyl adjacent to an activating group) is 1. The smallest absolute Gasteiger partial charge is 0.260 e. The van der Waals surface area contributed by atoms with Gasteiger partial charge in [0.15, 0.2) is 0 Å². The van der Waals surface area contributed by atoms with Crippen LogP contribution in [0, 0.1) is 5.92 Å². The molecule has 6 nitrogen and oxygen atoms in total. The second kappa shape index (κ2) is 6.69. The van der Waals surface area contributed by atoms with Crippen molar-refractivity contribution in [3.63, 3.8) is 0 Å². The van der Waals surface area contributed by atoms with E-state index in [1.807, 2.05) is 30.3 Å². The molecule has 0 radical (unpaired) electrons. The zero-order valence-electron chi connectivity index (χ0n) is 12.5. The minimum Gasteiger partial charge on any atom is -0.375 e. The first kappa shape index (κ1) is 15.5. The van der Waals surface area contributed by atoms with Gasteiger partial charge in [-0.3, -0.25) is 14.4 Å². The Balaban J connectivity index is 1.89. The SMILES string of the molecule is CON(C)C(=O)[C@H]1C(=O)N(C)[C@H]1COCc1ccccc1. The maximum absolute atomic E-state index is 12.1. The third kappa shape index (κ3) is 3.22. The first-order chi connectivity index (χ1) is 10.1. The maximum atomic E-state index is 12.1. The van der Waals surface area contributed by atoms with Crippen LogP contribution in [0.4, 0.5) is 0 Å². The minimum absolute atomic E-state index is 0.197. The number of likely N-dealkylation sites (tertiary alicyclic amines) is 1. The predicted molar refractivity (Wildman–Crippen MR) is 75.9 cm³/mol. The fourth-order valence-corrected chi connectivity index (χ4v) is 2.32. The number of hydrogen-bond acceptors (Lipinski definition) is 4. The topological polar surface area (TPSA) is 59.1 Å². The Kier molecular flexibility index (Phi) is 4.93. The number of nitrogens with zero attached hydrogens (tertiary/aromatic N) is 2. The molecule has 1 heterocycles. The summed E-state index contributed by atoms with van der Waals surface area (Å²) in [7, 11) is 4.57. The standard InChI is InChI=1S/C15H20N2O4/c1-16-12(10-21-9-11-7-5-4-6-8-11)13(14(16)18)15(19)17(2)20-3/h4-8,12-13H,9-10H2,1-3H3/t12-,13+/m0/s1. The second-order valence-electron chi connectivity index (χ2n) is 5.01. The normalized spacial score (nSPS) is 21.1. The molecule has 114 valence electrons. The molecule has 1 saturated heterocycles. The Morgan fingerprint density at radius 3 is 2.62 bits per heavy atom. The number of rotatable bonds is 6. The summed E-state index contributed by atoms with van der Waals surface area (Å²) in [5.74, 6) is -1.25. The maximum Gasteiger partial charge on any atom is 0.260 e. The third-order valence-electron chi connectivity index (χ3n) is 3.75. The molecule has 21 heavy (non-hydrogen) atoms. The highest BCUT2D eigenvalue weighted by Gasteiger charge is 2.50. The largest absolute Gasteiger partial charge is 0.375 e. The van der Waals surface area contributed by atoms with Gasteiger partial charge in [-0.15, -0.1) is 0 Å². The first-order valence-corrected chi connectivity index (χ1v) is 6.76. The van der Waals surface area contributed by atoms with Crippen LogP contribution in [0.5, 0.6) is 0 Å². The summed E-state index contributed by atoms with van der Waals surface area (Å²) in [6.07, 6.45) is 0. The first-order valence-electron chi connectivity index (χ1n) is 6.76. The molecule has 2 amide bonds. The van der Waals surface area contributed by atoms with Crippen molar-refractivity contribution >= 4 is 11.8 Å².